The summed E-state index contributed by atoms with van der Waals surface area (Å²) in [6.45, 7) is 8.63. The van der Waals surface area contributed by atoms with Crippen LogP contribution in [0.3, 0.4) is 0 Å². The summed E-state index contributed by atoms with van der Waals surface area (Å²) in [5.74, 6) is -0.527. The molecule has 2 aromatic rings. The molecule has 0 amide bonds. The lowest BCUT2D eigenvalue weighted by Gasteiger charge is -2.43. The molecule has 0 bridgehead atoms. The van der Waals surface area contributed by atoms with E-state index in [0.717, 1.165) is 56.7 Å². The Kier molecular flexibility index (Phi) is 9.45. The van der Waals surface area contributed by atoms with Gasteiger partial charge in [-0.1, -0.05) is 53.9 Å². The van der Waals surface area contributed by atoms with E-state index in [2.05, 4.69) is 34.2 Å². The molecule has 0 saturated carbocycles. The number of aliphatic carboxylic acids is 1. The Morgan fingerprint density at radius 3 is 2.47 bits per heavy atom. The molecule has 196 valence electrons. The van der Waals surface area contributed by atoms with Crippen LogP contribution in [0.5, 0.6) is 0 Å². The molecule has 0 aliphatic carbocycles. The predicted molar refractivity (Wildman–Crippen MR) is 150 cm³/mol. The van der Waals surface area contributed by atoms with Crippen molar-refractivity contribution in [3.8, 4) is 0 Å². The lowest BCUT2D eigenvalue weighted by molar-refractivity contribution is -0.141. The van der Waals surface area contributed by atoms with Crippen molar-refractivity contribution < 1.29 is 9.90 Å². The van der Waals surface area contributed by atoms with Crippen LogP contribution in [0.25, 0.3) is 0 Å². The van der Waals surface area contributed by atoms with Gasteiger partial charge in [-0.3, -0.25) is 9.69 Å². The summed E-state index contributed by atoms with van der Waals surface area (Å²) < 4.78 is 0. The number of piperidine rings is 2. The third-order valence-electron chi connectivity index (χ3n) is 7.74. The van der Waals surface area contributed by atoms with Gasteiger partial charge in [0.15, 0.2) is 0 Å². The topological polar surface area (TPSA) is 55.8 Å². The first-order valence-corrected chi connectivity index (χ1v) is 14.0. The number of likely N-dealkylation sites (tertiary alicyclic amines) is 2. The van der Waals surface area contributed by atoms with E-state index in [0.29, 0.717) is 33.6 Å². The van der Waals surface area contributed by atoms with Crippen LogP contribution < -0.4 is 5.32 Å². The van der Waals surface area contributed by atoms with Crippen LogP contribution in [0.4, 0.5) is 5.69 Å². The van der Waals surface area contributed by atoms with Gasteiger partial charge in [-0.2, -0.15) is 0 Å². The van der Waals surface area contributed by atoms with Crippen LogP contribution in [0.15, 0.2) is 36.4 Å². The van der Waals surface area contributed by atoms with Crippen molar-refractivity contribution in [1.29, 1.82) is 0 Å². The van der Waals surface area contributed by atoms with E-state index >= 15 is 0 Å². The van der Waals surface area contributed by atoms with Crippen LogP contribution in [-0.2, 0) is 4.79 Å². The van der Waals surface area contributed by atoms with Gasteiger partial charge in [0, 0.05) is 29.2 Å². The Hall–Kier alpha value is -1.50. The van der Waals surface area contributed by atoms with Crippen molar-refractivity contribution in [1.82, 2.24) is 9.80 Å². The van der Waals surface area contributed by atoms with E-state index in [1.54, 1.807) is 13.0 Å². The highest BCUT2D eigenvalue weighted by molar-refractivity contribution is 6.35. The number of carbonyl (C=O) groups is 1. The molecule has 2 aliphatic rings. The first-order valence-electron chi connectivity index (χ1n) is 12.9. The minimum atomic E-state index is -0.708. The van der Waals surface area contributed by atoms with E-state index < -0.39 is 5.97 Å². The van der Waals surface area contributed by atoms with E-state index in [1.165, 1.54) is 12.0 Å². The number of nitrogens with one attached hydrogen (secondary N) is 1. The number of anilines is 1. The van der Waals surface area contributed by atoms with E-state index in [4.69, 9.17) is 34.8 Å². The maximum atomic E-state index is 11.3. The van der Waals surface area contributed by atoms with Crippen molar-refractivity contribution in [3.63, 3.8) is 0 Å². The first kappa shape index (κ1) is 27.5. The standard InChI is InChI=1S/C28H36Cl3N3O2/c1-18(28(35)36)16-33-11-3-4-23(17-33)34-12-9-20(10-13-34)21-5-8-25(30)27(14-21)32-19(2)24-7-6-22(29)15-26(24)31/h5-8,14-15,18-20,23,32H,3-4,9-13,16-17H2,1-2H3,(H,35,36)/t18?,19-,23?/m1/s1. The second-order valence-corrected chi connectivity index (χ2v) is 11.6. The molecule has 0 spiro atoms. The van der Waals surface area contributed by atoms with Crippen molar-refractivity contribution in [2.24, 2.45) is 5.92 Å². The summed E-state index contributed by atoms with van der Waals surface area (Å²) in [4.78, 5) is 16.2. The van der Waals surface area contributed by atoms with Gasteiger partial charge in [0.1, 0.15) is 0 Å². The van der Waals surface area contributed by atoms with Crippen LogP contribution in [-0.4, -0.2) is 59.6 Å². The van der Waals surface area contributed by atoms with Gasteiger partial charge in [0.2, 0.25) is 0 Å². The number of carboxylic acid groups (broad SMARTS) is 1. The molecular weight excluding hydrogens is 517 g/mol. The Morgan fingerprint density at radius 1 is 1.03 bits per heavy atom. The molecule has 3 atom stereocenters. The summed E-state index contributed by atoms with van der Waals surface area (Å²) in [5.41, 5.74) is 3.22. The maximum Gasteiger partial charge on any atom is 0.307 e. The molecule has 2 aliphatic heterocycles. The molecule has 2 fully saturated rings. The van der Waals surface area contributed by atoms with E-state index in [1.807, 2.05) is 18.2 Å². The highest BCUT2D eigenvalue weighted by Gasteiger charge is 2.30. The Bertz CT molecular complexity index is 1060. The summed E-state index contributed by atoms with van der Waals surface area (Å²) >= 11 is 19.0. The Balaban J connectivity index is 1.35. The number of hydrogen-bond acceptors (Lipinski definition) is 4. The average Bonchev–Trinajstić information content (AvgIpc) is 2.85. The molecule has 2 heterocycles. The van der Waals surface area contributed by atoms with Gasteiger partial charge in [0.05, 0.1) is 22.7 Å². The molecule has 2 saturated heterocycles. The molecule has 0 aromatic heterocycles. The fourth-order valence-electron chi connectivity index (χ4n) is 5.63. The predicted octanol–water partition coefficient (Wildman–Crippen LogP) is 7.18. The molecule has 36 heavy (non-hydrogen) atoms. The lowest BCUT2D eigenvalue weighted by Crippen LogP contribution is -2.51. The second kappa shape index (κ2) is 12.4. The van der Waals surface area contributed by atoms with Crippen LogP contribution in [0, 0.1) is 5.92 Å². The molecule has 5 nitrogen and oxygen atoms in total. The molecule has 2 unspecified atom stereocenters. The number of carboxylic acids is 1. The fraction of sp³-hybridized carbons (Fsp3) is 0.536. The Morgan fingerprint density at radius 2 is 1.78 bits per heavy atom. The summed E-state index contributed by atoms with van der Waals surface area (Å²) in [7, 11) is 0. The second-order valence-electron chi connectivity index (χ2n) is 10.4. The fourth-order valence-corrected chi connectivity index (χ4v) is 6.37. The quantitative estimate of drug-likeness (QED) is 0.363. The van der Waals surface area contributed by atoms with Gasteiger partial charge in [-0.15, -0.1) is 0 Å². The molecule has 4 rings (SSSR count). The monoisotopic (exact) mass is 551 g/mol. The van der Waals surface area contributed by atoms with Gasteiger partial charge >= 0.3 is 5.97 Å². The number of benzene rings is 2. The lowest BCUT2D eigenvalue weighted by atomic mass is 9.88. The SMILES string of the molecule is CC(CN1CCCC(N2CCC(c3ccc(Cl)c(N[C@H](C)c4ccc(Cl)cc4Cl)c3)CC2)C1)C(=O)O. The van der Waals surface area contributed by atoms with Gasteiger partial charge in [-0.25, -0.2) is 0 Å². The van der Waals surface area contributed by atoms with Crippen molar-refractivity contribution in [2.75, 3.05) is 38.0 Å². The zero-order valence-electron chi connectivity index (χ0n) is 21.0. The molecule has 2 N–H and O–H groups in total. The number of nitrogens with zero attached hydrogens (tertiary/aromatic N) is 2. The maximum absolute atomic E-state index is 11.3. The zero-order valence-corrected chi connectivity index (χ0v) is 23.3. The highest BCUT2D eigenvalue weighted by atomic mass is 35.5. The zero-order chi connectivity index (χ0) is 25.8. The summed E-state index contributed by atoms with van der Waals surface area (Å²) in [5, 5.41) is 14.8. The van der Waals surface area contributed by atoms with Gasteiger partial charge in [0.25, 0.3) is 0 Å². The minimum Gasteiger partial charge on any atom is -0.481 e. The highest BCUT2D eigenvalue weighted by Crippen LogP contribution is 2.36. The van der Waals surface area contributed by atoms with Crippen LogP contribution in [0.1, 0.15) is 62.6 Å². The normalized spacial score (nSPS) is 21.8. The van der Waals surface area contributed by atoms with Gasteiger partial charge in [-0.05, 0) is 93.6 Å². The third kappa shape index (κ3) is 6.87. The third-order valence-corrected chi connectivity index (χ3v) is 8.64. The average molecular weight is 553 g/mol. The molecule has 8 heteroatoms. The first-order chi connectivity index (χ1) is 17.2. The summed E-state index contributed by atoms with van der Waals surface area (Å²) in [6, 6.07) is 12.4. The molecular formula is C28H36Cl3N3O2. The van der Waals surface area contributed by atoms with Crippen molar-refractivity contribution >= 4 is 46.5 Å². The van der Waals surface area contributed by atoms with Gasteiger partial charge < -0.3 is 15.3 Å². The minimum absolute atomic E-state index is 0.0116. The summed E-state index contributed by atoms with van der Waals surface area (Å²) in [6.07, 6.45) is 4.56. The van der Waals surface area contributed by atoms with Crippen molar-refractivity contribution in [3.05, 3.63) is 62.6 Å². The number of hydrogen-bond donors (Lipinski definition) is 2. The van der Waals surface area contributed by atoms with Crippen LogP contribution in [0.2, 0.25) is 15.1 Å². The van der Waals surface area contributed by atoms with Crippen LogP contribution >= 0.6 is 34.8 Å². The smallest absolute Gasteiger partial charge is 0.307 e. The number of halogens is 3. The van der Waals surface area contributed by atoms with Crippen molar-refractivity contribution in [2.45, 2.75) is 57.5 Å². The molecule has 0 radical (unpaired) electrons. The largest absolute Gasteiger partial charge is 0.481 e. The number of rotatable bonds is 8. The van der Waals surface area contributed by atoms with E-state index in [-0.39, 0.29) is 12.0 Å². The Labute approximate surface area is 229 Å². The molecule has 2 aromatic carbocycles. The van der Waals surface area contributed by atoms with E-state index in [9.17, 15) is 9.90 Å².